The van der Waals surface area contributed by atoms with Crippen LogP contribution >= 0.6 is 0 Å². The molecule has 3 fully saturated rings. The predicted molar refractivity (Wildman–Crippen MR) is 289 cm³/mol. The van der Waals surface area contributed by atoms with Crippen LogP contribution in [-0.4, -0.2) is 184 Å². The van der Waals surface area contributed by atoms with Gasteiger partial charge in [0.05, 0.1) is 31.6 Å². The van der Waals surface area contributed by atoms with E-state index in [1.165, 1.54) is 54.7 Å². The molecule has 7 amide bonds. The lowest BCUT2D eigenvalue weighted by Gasteiger charge is -2.36. The lowest BCUT2D eigenvalue weighted by molar-refractivity contribution is -0.163. The van der Waals surface area contributed by atoms with Gasteiger partial charge in [-0.25, -0.2) is 4.79 Å². The Bertz CT molecular complexity index is 2380. The van der Waals surface area contributed by atoms with Gasteiger partial charge >= 0.3 is 11.9 Å². The van der Waals surface area contributed by atoms with E-state index in [0.29, 0.717) is 30.6 Å². The number of benzene rings is 1. The molecule has 0 saturated carbocycles. The number of nitrogens with zero attached hydrogens (tertiary/aromatic N) is 4. The number of aliphatic hydroxyl groups excluding tert-OH is 1. The number of nitrogens with one attached hydrogen (secondary N) is 3. The molecule has 22 heteroatoms. The summed E-state index contributed by atoms with van der Waals surface area (Å²) < 4.78 is 17.2. The number of rotatable bonds is 15. The number of Topliss-reactive ketones (excluding diaryl/α,β-unsaturated/α-hetero) is 2. The van der Waals surface area contributed by atoms with Gasteiger partial charge in [-0.15, -0.1) is 0 Å². The molecule has 1 aromatic carbocycles. The third-order valence-electron chi connectivity index (χ3n) is 15.4. The monoisotopic (exact) mass is 1110 g/mol. The lowest BCUT2D eigenvalue weighted by Crippen LogP contribution is -2.62. The van der Waals surface area contributed by atoms with E-state index < -0.39 is 150 Å². The van der Waals surface area contributed by atoms with E-state index in [2.05, 4.69) is 16.0 Å². The van der Waals surface area contributed by atoms with Crippen molar-refractivity contribution in [1.82, 2.24) is 35.6 Å². The molecule has 4 N–H and O–H groups in total. The van der Waals surface area contributed by atoms with E-state index in [9.17, 15) is 57.8 Å². The smallest absolute Gasteiger partial charge is 0.329 e. The van der Waals surface area contributed by atoms with Gasteiger partial charge < -0.3 is 54.9 Å². The molecule has 12 atom stereocenters. The zero-order valence-corrected chi connectivity index (χ0v) is 48.7. The molecule has 3 heterocycles. The van der Waals surface area contributed by atoms with Gasteiger partial charge in [0, 0.05) is 40.5 Å². The molecular weight excluding hydrogens is 1020 g/mol. The minimum absolute atomic E-state index is 0.0545. The summed E-state index contributed by atoms with van der Waals surface area (Å²) in [5.41, 5.74) is 0.566. The van der Waals surface area contributed by atoms with Crippen LogP contribution in [-0.2, 0) is 68.6 Å². The highest BCUT2D eigenvalue weighted by molar-refractivity contribution is 6.35. The first kappa shape index (κ1) is 65.1. The molecule has 0 aliphatic carbocycles. The van der Waals surface area contributed by atoms with Crippen LogP contribution in [0, 0.1) is 29.6 Å². The second-order valence-corrected chi connectivity index (χ2v) is 22.8. The first-order valence-electron chi connectivity index (χ1n) is 27.9. The third kappa shape index (κ3) is 16.8. The van der Waals surface area contributed by atoms with Crippen molar-refractivity contribution in [3.05, 3.63) is 29.8 Å². The standard InChI is InChI=1S/C57H87N7O15/c1-15-33(8)46-44(66)29-45(67)79-49(32(6)7)48(68)34(9)50(69)58-39(26-30(2)3)54(73)64-25-17-19-41(64)56(75)62(13)43(28-37-20-22-38(77-14)23-21-37)57(76)78-36(11)47(52(71)59-46)60-51(70)42(27-31(4)5)61(12)55(74)40-18-16-24-63(40)53(72)35(10)65/h20-23,30-34,36,39-44,46-47,49,66H,15-19,24-29H2,1-14H3,(H,58,69)(H,59,71)(H,60,70)/t33-,34+,36-,39-,40-,41-,42+,43?,44-,46+,47-,49-/m0/s1. The zero-order valence-electron chi connectivity index (χ0n) is 48.7. The van der Waals surface area contributed by atoms with Crippen LogP contribution in [0.2, 0.25) is 0 Å². The van der Waals surface area contributed by atoms with Crippen LogP contribution < -0.4 is 20.7 Å². The Balaban J connectivity index is 1.89. The average Bonchev–Trinajstić information content (AvgIpc) is 4.13. The van der Waals surface area contributed by atoms with Crippen molar-refractivity contribution in [3.63, 3.8) is 0 Å². The summed E-state index contributed by atoms with van der Waals surface area (Å²) in [4.78, 5) is 160. The molecule has 0 radical (unpaired) electrons. The van der Waals surface area contributed by atoms with Crippen molar-refractivity contribution in [2.45, 2.75) is 195 Å². The number of carbonyl (C=O) groups excluding carboxylic acids is 11. The fourth-order valence-corrected chi connectivity index (χ4v) is 10.5. The van der Waals surface area contributed by atoms with Gasteiger partial charge in [0.15, 0.2) is 11.9 Å². The molecule has 0 aromatic heterocycles. The highest BCUT2D eigenvalue weighted by Gasteiger charge is 2.46. The first-order valence-corrected chi connectivity index (χ1v) is 27.9. The molecule has 22 nitrogen and oxygen atoms in total. The molecule has 3 saturated heterocycles. The summed E-state index contributed by atoms with van der Waals surface area (Å²) in [7, 11) is 4.26. The molecule has 3 aliphatic rings. The van der Waals surface area contributed by atoms with E-state index in [1.54, 1.807) is 52.0 Å². The quantitative estimate of drug-likeness (QED) is 0.112. The number of likely N-dealkylation sites (tertiary alicyclic amines) is 1. The number of esters is 2. The number of carbonyl (C=O) groups is 11. The molecule has 0 bridgehead atoms. The second-order valence-electron chi connectivity index (χ2n) is 22.8. The number of fused-ring (bicyclic) bond motifs is 1. The Morgan fingerprint density at radius 3 is 2.06 bits per heavy atom. The van der Waals surface area contributed by atoms with E-state index in [1.807, 2.05) is 27.7 Å². The Labute approximate surface area is 465 Å². The maximum atomic E-state index is 15.0. The summed E-state index contributed by atoms with van der Waals surface area (Å²) in [5, 5.41) is 20.1. The molecule has 4 rings (SSSR count). The number of ether oxygens (including phenoxy) is 3. The number of cyclic esters (lactones) is 2. The van der Waals surface area contributed by atoms with Crippen molar-refractivity contribution >= 4 is 64.9 Å². The van der Waals surface area contributed by atoms with Crippen LogP contribution in [0.1, 0.15) is 133 Å². The van der Waals surface area contributed by atoms with Crippen LogP contribution in [0.25, 0.3) is 0 Å². The Morgan fingerprint density at radius 2 is 1.49 bits per heavy atom. The largest absolute Gasteiger partial charge is 0.497 e. The van der Waals surface area contributed by atoms with Crippen molar-refractivity contribution in [3.8, 4) is 5.75 Å². The van der Waals surface area contributed by atoms with Crippen molar-refractivity contribution in [2.24, 2.45) is 29.6 Å². The Kier molecular flexibility index (Phi) is 24.0. The fraction of sp³-hybridized carbons (Fsp3) is 0.702. The molecular formula is C57H87N7O15. The molecule has 3 aliphatic heterocycles. The molecule has 79 heavy (non-hydrogen) atoms. The minimum atomic E-state index is -1.78. The van der Waals surface area contributed by atoms with Gasteiger partial charge in [-0.05, 0) is 93.7 Å². The van der Waals surface area contributed by atoms with Gasteiger partial charge in [0.25, 0.3) is 5.91 Å². The van der Waals surface area contributed by atoms with Gasteiger partial charge in [0.2, 0.25) is 41.2 Å². The number of likely N-dealkylation sites (N-methyl/N-ethyl adjacent to an activating group) is 2. The average molecular weight is 1110 g/mol. The van der Waals surface area contributed by atoms with Gasteiger partial charge in [-0.2, -0.15) is 0 Å². The summed E-state index contributed by atoms with van der Waals surface area (Å²) >= 11 is 0. The van der Waals surface area contributed by atoms with Crippen LogP contribution in [0.15, 0.2) is 24.3 Å². The maximum Gasteiger partial charge on any atom is 0.329 e. The minimum Gasteiger partial charge on any atom is -0.497 e. The molecule has 1 unspecified atom stereocenters. The zero-order chi connectivity index (χ0) is 59.3. The Morgan fingerprint density at radius 1 is 0.861 bits per heavy atom. The number of hydrogen-bond donors (Lipinski definition) is 4. The summed E-state index contributed by atoms with van der Waals surface area (Å²) in [6, 6.07) is -2.32. The highest BCUT2D eigenvalue weighted by Crippen LogP contribution is 2.27. The van der Waals surface area contributed by atoms with E-state index in [4.69, 9.17) is 14.2 Å². The van der Waals surface area contributed by atoms with Crippen molar-refractivity contribution < 1.29 is 72.1 Å². The van der Waals surface area contributed by atoms with Gasteiger partial charge in [-0.3, -0.25) is 47.9 Å². The molecule has 1 aromatic rings. The van der Waals surface area contributed by atoms with Crippen molar-refractivity contribution in [1.29, 1.82) is 0 Å². The van der Waals surface area contributed by atoms with Crippen LogP contribution in [0.5, 0.6) is 5.75 Å². The summed E-state index contributed by atoms with van der Waals surface area (Å²) in [6.45, 7) is 18.1. The fourth-order valence-electron chi connectivity index (χ4n) is 10.5. The SMILES string of the molecule is CC[C@H](C)[C@H]1NC(=O)[C@@H](NC(=O)[C@@H](CC(C)C)N(C)C(=O)[C@@H]2CCCN2C(=O)C(C)=O)[C@H](C)OC(=O)C(Cc2ccc(OC)cc2)N(C)C(=O)[C@@H]2CCCN2C(=O)[C@H](CC(C)C)NC(=O)[C@H](C)C(=O)[C@H](C(C)C)OC(=O)C[C@@H]1O. The van der Waals surface area contributed by atoms with Gasteiger partial charge in [-0.1, -0.05) is 73.9 Å². The summed E-state index contributed by atoms with van der Waals surface area (Å²) in [6.07, 6.45) is -3.76. The van der Waals surface area contributed by atoms with Crippen molar-refractivity contribution in [2.75, 3.05) is 34.3 Å². The lowest BCUT2D eigenvalue weighted by atomic mass is 9.91. The van der Waals surface area contributed by atoms with Crippen LogP contribution in [0.4, 0.5) is 0 Å². The first-order chi connectivity index (χ1) is 37.0. The van der Waals surface area contributed by atoms with E-state index in [-0.39, 0.29) is 57.0 Å². The number of ketones is 2. The number of amides is 7. The highest BCUT2D eigenvalue weighted by atomic mass is 16.6. The van der Waals surface area contributed by atoms with Crippen LogP contribution in [0.3, 0.4) is 0 Å². The number of hydrogen-bond acceptors (Lipinski definition) is 15. The molecule has 440 valence electrons. The van der Waals surface area contributed by atoms with Gasteiger partial charge in [0.1, 0.15) is 48.1 Å². The number of methoxy groups -OCH3 is 1. The normalized spacial score (nSPS) is 27.2. The summed E-state index contributed by atoms with van der Waals surface area (Å²) in [5.74, 6) is -11.3. The molecule has 0 spiro atoms. The topological polar surface area (TPSA) is 285 Å². The predicted octanol–water partition coefficient (Wildman–Crippen LogP) is 2.52. The maximum absolute atomic E-state index is 15.0. The van der Waals surface area contributed by atoms with E-state index >= 15 is 0 Å². The second kappa shape index (κ2) is 29.1. The number of aliphatic hydroxyl groups is 1. The van der Waals surface area contributed by atoms with E-state index in [0.717, 1.165) is 6.92 Å². The Hall–Kier alpha value is -6.45. The third-order valence-corrected chi connectivity index (χ3v) is 15.4.